The molecule has 1 saturated carbocycles. The zero-order valence-corrected chi connectivity index (χ0v) is 7.76. The van der Waals surface area contributed by atoms with E-state index in [9.17, 15) is 4.79 Å². The second-order valence-electron chi connectivity index (χ2n) is 4.36. The molecule has 3 atom stereocenters. The van der Waals surface area contributed by atoms with E-state index in [1.54, 1.807) is 0 Å². The number of piperidine rings is 1. The fourth-order valence-corrected chi connectivity index (χ4v) is 2.58. The lowest BCUT2D eigenvalue weighted by atomic mass is 10.0. The van der Waals surface area contributed by atoms with Crippen LogP contribution in [0.2, 0.25) is 0 Å². The van der Waals surface area contributed by atoms with Crippen molar-refractivity contribution in [1.82, 2.24) is 5.32 Å². The van der Waals surface area contributed by atoms with Crippen molar-refractivity contribution in [3.63, 3.8) is 0 Å². The Hall–Kier alpha value is -0.570. The summed E-state index contributed by atoms with van der Waals surface area (Å²) in [6.07, 6.45) is 0. The Kier molecular flexibility index (Phi) is 1.49. The van der Waals surface area contributed by atoms with Gasteiger partial charge < -0.3 is 10.1 Å². The summed E-state index contributed by atoms with van der Waals surface area (Å²) < 4.78 is 4.72. The van der Waals surface area contributed by atoms with Gasteiger partial charge in [-0.3, -0.25) is 4.79 Å². The first-order chi connectivity index (χ1) is 5.59. The summed E-state index contributed by atoms with van der Waals surface area (Å²) in [5, 5.41) is 3.19. The van der Waals surface area contributed by atoms with Gasteiger partial charge in [0.25, 0.3) is 0 Å². The summed E-state index contributed by atoms with van der Waals surface area (Å²) in [5.41, 5.74) is 0.351. The number of carbonyl (C=O) groups excluding carboxylic acids is 1. The molecule has 68 valence electrons. The zero-order chi connectivity index (χ0) is 8.93. The number of nitrogens with one attached hydrogen (secondary N) is 1. The van der Waals surface area contributed by atoms with E-state index in [1.807, 2.05) is 0 Å². The number of esters is 1. The Balaban J connectivity index is 2.08. The van der Waals surface area contributed by atoms with Crippen molar-refractivity contribution < 1.29 is 9.53 Å². The highest BCUT2D eigenvalue weighted by molar-refractivity contribution is 5.77. The van der Waals surface area contributed by atoms with Gasteiger partial charge in [0.2, 0.25) is 0 Å². The number of hydrogen-bond acceptors (Lipinski definition) is 3. The predicted molar refractivity (Wildman–Crippen MR) is 44.6 cm³/mol. The quantitative estimate of drug-likeness (QED) is 0.577. The van der Waals surface area contributed by atoms with Crippen LogP contribution >= 0.6 is 0 Å². The fourth-order valence-electron chi connectivity index (χ4n) is 2.58. The second-order valence-corrected chi connectivity index (χ2v) is 4.36. The lowest BCUT2D eigenvalue weighted by molar-refractivity contribution is -0.143. The molecule has 0 bridgehead atoms. The van der Waals surface area contributed by atoms with Gasteiger partial charge in [0.1, 0.15) is 6.04 Å². The lowest BCUT2D eigenvalue weighted by Gasteiger charge is -2.16. The second kappa shape index (κ2) is 2.22. The minimum Gasteiger partial charge on any atom is -0.468 e. The molecule has 1 unspecified atom stereocenters. The van der Waals surface area contributed by atoms with Gasteiger partial charge in [0.05, 0.1) is 7.11 Å². The standard InChI is InChI=1S/C9H15NO2/c1-9(2)5-4-10-7(6(5)9)8(11)12-3/h5-7,10H,4H2,1-3H3/t5-,6-,7?/m1/s1. The molecule has 2 rings (SSSR count). The third-order valence-corrected chi connectivity index (χ3v) is 3.51. The average Bonchev–Trinajstić information content (AvgIpc) is 2.52. The molecule has 1 heterocycles. The summed E-state index contributed by atoms with van der Waals surface area (Å²) in [5.74, 6) is 1.08. The smallest absolute Gasteiger partial charge is 0.323 e. The van der Waals surface area contributed by atoms with Crippen LogP contribution in [0, 0.1) is 17.3 Å². The minimum absolute atomic E-state index is 0.0463. The number of fused-ring (bicyclic) bond motifs is 1. The van der Waals surface area contributed by atoms with Crippen LogP contribution in [0.15, 0.2) is 0 Å². The van der Waals surface area contributed by atoms with Crippen LogP contribution in [0.3, 0.4) is 0 Å². The molecule has 0 radical (unpaired) electrons. The minimum atomic E-state index is -0.104. The third-order valence-electron chi connectivity index (χ3n) is 3.51. The van der Waals surface area contributed by atoms with Gasteiger partial charge in [0.15, 0.2) is 0 Å². The summed E-state index contributed by atoms with van der Waals surface area (Å²) in [4.78, 5) is 11.3. The van der Waals surface area contributed by atoms with Crippen LogP contribution in [0.1, 0.15) is 13.8 Å². The van der Waals surface area contributed by atoms with Crippen molar-refractivity contribution >= 4 is 5.97 Å². The molecule has 2 fully saturated rings. The van der Waals surface area contributed by atoms with E-state index >= 15 is 0 Å². The van der Waals surface area contributed by atoms with E-state index in [4.69, 9.17) is 4.74 Å². The summed E-state index contributed by atoms with van der Waals surface area (Å²) in [7, 11) is 1.45. The molecule has 1 saturated heterocycles. The Bertz CT molecular complexity index is 225. The highest BCUT2D eigenvalue weighted by Crippen LogP contribution is 2.62. The Morgan fingerprint density at radius 2 is 2.25 bits per heavy atom. The molecule has 2 aliphatic rings. The van der Waals surface area contributed by atoms with Crippen LogP contribution in [-0.2, 0) is 9.53 Å². The molecule has 1 N–H and O–H groups in total. The van der Waals surface area contributed by atoms with Gasteiger partial charge in [-0.1, -0.05) is 13.8 Å². The first-order valence-corrected chi connectivity index (χ1v) is 4.40. The maximum absolute atomic E-state index is 11.3. The Morgan fingerprint density at radius 3 is 2.67 bits per heavy atom. The highest BCUT2D eigenvalue weighted by Gasteiger charge is 2.66. The molecule has 0 aromatic heterocycles. The van der Waals surface area contributed by atoms with Gasteiger partial charge in [-0.2, -0.15) is 0 Å². The monoisotopic (exact) mass is 169 g/mol. The first-order valence-electron chi connectivity index (χ1n) is 4.40. The number of methoxy groups -OCH3 is 1. The van der Waals surface area contributed by atoms with Crippen LogP contribution in [0.25, 0.3) is 0 Å². The van der Waals surface area contributed by atoms with Crippen LogP contribution in [0.4, 0.5) is 0 Å². The van der Waals surface area contributed by atoms with Crippen molar-refractivity contribution in [1.29, 1.82) is 0 Å². The number of ether oxygens (including phenoxy) is 1. The highest BCUT2D eigenvalue weighted by atomic mass is 16.5. The maximum Gasteiger partial charge on any atom is 0.323 e. The molecule has 0 aromatic rings. The van der Waals surface area contributed by atoms with Gasteiger partial charge in [-0.05, 0) is 23.8 Å². The molecular formula is C9H15NO2. The van der Waals surface area contributed by atoms with Crippen molar-refractivity contribution in [3.05, 3.63) is 0 Å². The number of carbonyl (C=O) groups is 1. The van der Waals surface area contributed by atoms with E-state index in [2.05, 4.69) is 19.2 Å². The maximum atomic E-state index is 11.3. The molecule has 1 aliphatic carbocycles. The molecule has 0 amide bonds. The fraction of sp³-hybridized carbons (Fsp3) is 0.889. The number of hydrogen-bond donors (Lipinski definition) is 1. The van der Waals surface area contributed by atoms with Crippen molar-refractivity contribution in [2.75, 3.05) is 13.7 Å². The van der Waals surface area contributed by atoms with E-state index in [1.165, 1.54) is 7.11 Å². The topological polar surface area (TPSA) is 38.3 Å². The van der Waals surface area contributed by atoms with Crippen molar-refractivity contribution in [2.45, 2.75) is 19.9 Å². The average molecular weight is 169 g/mol. The number of rotatable bonds is 1. The largest absolute Gasteiger partial charge is 0.468 e. The van der Waals surface area contributed by atoms with E-state index in [0.717, 1.165) is 6.54 Å². The molecule has 1 aliphatic heterocycles. The van der Waals surface area contributed by atoms with Crippen molar-refractivity contribution in [3.8, 4) is 0 Å². The van der Waals surface area contributed by atoms with Gasteiger partial charge in [-0.15, -0.1) is 0 Å². The van der Waals surface area contributed by atoms with Crippen LogP contribution in [-0.4, -0.2) is 25.7 Å². The van der Waals surface area contributed by atoms with Gasteiger partial charge in [0, 0.05) is 0 Å². The Labute approximate surface area is 72.5 Å². The Morgan fingerprint density at radius 1 is 1.58 bits per heavy atom. The SMILES string of the molecule is COC(=O)C1NC[C@@H]2[C@H]1C2(C)C. The lowest BCUT2D eigenvalue weighted by Crippen LogP contribution is -2.38. The van der Waals surface area contributed by atoms with E-state index in [0.29, 0.717) is 17.3 Å². The predicted octanol–water partition coefficient (Wildman–Crippen LogP) is 0.403. The van der Waals surface area contributed by atoms with E-state index in [-0.39, 0.29) is 12.0 Å². The van der Waals surface area contributed by atoms with Crippen LogP contribution in [0.5, 0.6) is 0 Å². The molecular weight excluding hydrogens is 154 g/mol. The summed E-state index contributed by atoms with van der Waals surface area (Å²) in [6.45, 7) is 5.41. The summed E-state index contributed by atoms with van der Waals surface area (Å²) >= 11 is 0. The molecule has 12 heavy (non-hydrogen) atoms. The molecule has 0 spiro atoms. The normalized spacial score (nSPS) is 42.1. The first kappa shape index (κ1) is 8.05. The molecule has 3 heteroatoms. The summed E-state index contributed by atoms with van der Waals surface area (Å²) in [6, 6.07) is -0.0463. The van der Waals surface area contributed by atoms with Gasteiger partial charge in [-0.25, -0.2) is 0 Å². The zero-order valence-electron chi connectivity index (χ0n) is 7.76. The molecule has 3 nitrogen and oxygen atoms in total. The third kappa shape index (κ3) is 0.829. The molecule has 0 aromatic carbocycles. The van der Waals surface area contributed by atoms with E-state index < -0.39 is 0 Å². The van der Waals surface area contributed by atoms with Gasteiger partial charge >= 0.3 is 5.97 Å². The van der Waals surface area contributed by atoms with Crippen molar-refractivity contribution in [2.24, 2.45) is 17.3 Å². The van der Waals surface area contributed by atoms with Crippen LogP contribution < -0.4 is 5.32 Å².